The number of carbonyl (C=O) groups excluding carboxylic acids is 1. The quantitative estimate of drug-likeness (QED) is 0.534. The Bertz CT molecular complexity index is 1030. The first kappa shape index (κ1) is 21.1. The van der Waals surface area contributed by atoms with Crippen LogP contribution in [-0.4, -0.2) is 22.3 Å². The monoisotopic (exact) mass is 424 g/mol. The van der Waals surface area contributed by atoms with E-state index < -0.39 is 11.7 Å². The van der Waals surface area contributed by atoms with Crippen molar-refractivity contribution in [2.75, 3.05) is 6.54 Å². The van der Waals surface area contributed by atoms with Gasteiger partial charge in [-0.05, 0) is 48.2 Å². The molecule has 1 atom stereocenters. The van der Waals surface area contributed by atoms with Crippen molar-refractivity contribution in [2.45, 2.75) is 37.9 Å². The molecule has 160 valence electrons. The molecule has 0 radical (unpaired) electrons. The summed E-state index contributed by atoms with van der Waals surface area (Å²) in [5.74, 6) is 0.0867. The SMILES string of the molecule is O=C(Cc1ccccc1)N1CCC[C@H]1c1cccc(Cc2ccc(C(F)(F)F)cc2)n1. The zero-order chi connectivity index (χ0) is 21.8. The van der Waals surface area contributed by atoms with Gasteiger partial charge in [-0.2, -0.15) is 13.2 Å². The second kappa shape index (κ2) is 8.92. The molecule has 3 nitrogen and oxygen atoms in total. The van der Waals surface area contributed by atoms with Crippen LogP contribution in [0.3, 0.4) is 0 Å². The molecule has 1 saturated heterocycles. The lowest BCUT2D eigenvalue weighted by atomic mass is 10.0. The maximum absolute atomic E-state index is 12.9. The van der Waals surface area contributed by atoms with Gasteiger partial charge in [0.15, 0.2) is 0 Å². The molecule has 0 unspecified atom stereocenters. The number of aromatic nitrogens is 1. The molecule has 0 bridgehead atoms. The average Bonchev–Trinajstić information content (AvgIpc) is 3.25. The minimum absolute atomic E-state index is 0.0660. The van der Waals surface area contributed by atoms with Gasteiger partial charge in [-0.15, -0.1) is 0 Å². The Kier molecular flexibility index (Phi) is 6.07. The van der Waals surface area contributed by atoms with E-state index >= 15 is 0 Å². The van der Waals surface area contributed by atoms with Gasteiger partial charge in [-0.3, -0.25) is 9.78 Å². The van der Waals surface area contributed by atoms with Gasteiger partial charge < -0.3 is 4.90 Å². The Labute approximate surface area is 179 Å². The Morgan fingerprint density at radius 3 is 2.39 bits per heavy atom. The van der Waals surface area contributed by atoms with Crippen LogP contribution in [0.1, 0.15) is 47.0 Å². The summed E-state index contributed by atoms with van der Waals surface area (Å²) in [4.78, 5) is 19.5. The fraction of sp³-hybridized carbons (Fsp3) is 0.280. The molecule has 1 fully saturated rings. The Hall–Kier alpha value is -3.15. The molecule has 1 amide bonds. The molecule has 4 rings (SSSR count). The van der Waals surface area contributed by atoms with Crippen molar-refractivity contribution in [1.29, 1.82) is 0 Å². The Morgan fingerprint density at radius 1 is 0.935 bits per heavy atom. The molecule has 2 heterocycles. The number of rotatable bonds is 5. The number of nitrogens with zero attached hydrogens (tertiary/aromatic N) is 2. The fourth-order valence-electron chi connectivity index (χ4n) is 4.05. The van der Waals surface area contributed by atoms with Gasteiger partial charge in [0.25, 0.3) is 0 Å². The zero-order valence-electron chi connectivity index (χ0n) is 17.0. The van der Waals surface area contributed by atoms with E-state index in [9.17, 15) is 18.0 Å². The first-order chi connectivity index (χ1) is 14.9. The van der Waals surface area contributed by atoms with Crippen molar-refractivity contribution in [3.63, 3.8) is 0 Å². The van der Waals surface area contributed by atoms with Crippen LogP contribution in [-0.2, 0) is 23.8 Å². The molecule has 1 aromatic heterocycles. The van der Waals surface area contributed by atoms with Gasteiger partial charge in [-0.1, -0.05) is 48.5 Å². The molecule has 0 aliphatic carbocycles. The van der Waals surface area contributed by atoms with E-state index in [1.165, 1.54) is 12.1 Å². The van der Waals surface area contributed by atoms with Crippen LogP contribution in [0.25, 0.3) is 0 Å². The van der Waals surface area contributed by atoms with Crippen molar-refractivity contribution in [3.05, 3.63) is 101 Å². The second-order valence-corrected chi connectivity index (χ2v) is 7.83. The average molecular weight is 424 g/mol. The summed E-state index contributed by atoms with van der Waals surface area (Å²) in [5, 5.41) is 0. The lowest BCUT2D eigenvalue weighted by Gasteiger charge is -2.25. The third kappa shape index (κ3) is 5.13. The van der Waals surface area contributed by atoms with Crippen molar-refractivity contribution in [3.8, 4) is 0 Å². The lowest BCUT2D eigenvalue weighted by molar-refractivity contribution is -0.137. The predicted octanol–water partition coefficient (Wildman–Crippen LogP) is 5.60. The van der Waals surface area contributed by atoms with Gasteiger partial charge in [0.1, 0.15) is 0 Å². The van der Waals surface area contributed by atoms with E-state index in [2.05, 4.69) is 0 Å². The van der Waals surface area contributed by atoms with Crippen LogP contribution in [0.5, 0.6) is 0 Å². The van der Waals surface area contributed by atoms with E-state index in [-0.39, 0.29) is 11.9 Å². The summed E-state index contributed by atoms with van der Waals surface area (Å²) in [6.45, 7) is 0.709. The molecule has 0 saturated carbocycles. The largest absolute Gasteiger partial charge is 0.416 e. The van der Waals surface area contributed by atoms with E-state index in [4.69, 9.17) is 4.98 Å². The smallest absolute Gasteiger partial charge is 0.334 e. The number of halogens is 3. The van der Waals surface area contributed by atoms with Crippen LogP contribution < -0.4 is 0 Å². The lowest BCUT2D eigenvalue weighted by Crippen LogP contribution is -2.32. The van der Waals surface area contributed by atoms with Gasteiger partial charge in [-0.25, -0.2) is 0 Å². The standard InChI is InChI=1S/C25H23F3N2O/c26-25(27,28)20-13-11-19(12-14-20)16-21-8-4-9-22(29-21)23-10-5-15-30(23)24(31)17-18-6-2-1-3-7-18/h1-4,6-9,11-14,23H,5,10,15-17H2/t23-/m0/s1. The van der Waals surface area contributed by atoms with Gasteiger partial charge in [0.05, 0.1) is 23.7 Å². The molecule has 2 aromatic carbocycles. The molecular formula is C25H23F3N2O. The summed E-state index contributed by atoms with van der Waals surface area (Å²) in [6, 6.07) is 20.5. The molecule has 1 aliphatic rings. The maximum atomic E-state index is 12.9. The normalized spacial score (nSPS) is 16.5. The van der Waals surface area contributed by atoms with Crippen LogP contribution in [0, 0.1) is 0 Å². The minimum atomic E-state index is -4.34. The van der Waals surface area contributed by atoms with Crippen molar-refractivity contribution >= 4 is 5.91 Å². The van der Waals surface area contributed by atoms with E-state index in [1.54, 1.807) is 0 Å². The number of carbonyl (C=O) groups is 1. The summed E-state index contributed by atoms with van der Waals surface area (Å²) >= 11 is 0. The van der Waals surface area contributed by atoms with Gasteiger partial charge in [0, 0.05) is 18.7 Å². The first-order valence-corrected chi connectivity index (χ1v) is 10.4. The van der Waals surface area contributed by atoms with Crippen molar-refractivity contribution < 1.29 is 18.0 Å². The van der Waals surface area contributed by atoms with Crippen molar-refractivity contribution in [1.82, 2.24) is 9.88 Å². The molecule has 6 heteroatoms. The molecule has 0 spiro atoms. The number of hydrogen-bond donors (Lipinski definition) is 0. The van der Waals surface area contributed by atoms with Crippen LogP contribution >= 0.6 is 0 Å². The number of amides is 1. The topological polar surface area (TPSA) is 33.2 Å². The van der Waals surface area contributed by atoms with E-state index in [0.29, 0.717) is 19.4 Å². The predicted molar refractivity (Wildman–Crippen MR) is 112 cm³/mol. The fourth-order valence-corrected chi connectivity index (χ4v) is 4.05. The Morgan fingerprint density at radius 2 is 1.68 bits per heavy atom. The maximum Gasteiger partial charge on any atom is 0.416 e. The number of alkyl halides is 3. The number of benzene rings is 2. The first-order valence-electron chi connectivity index (χ1n) is 10.4. The molecule has 3 aromatic rings. The summed E-state index contributed by atoms with van der Waals surface area (Å²) in [6.07, 6.45) is -1.75. The van der Waals surface area contributed by atoms with Crippen LogP contribution in [0.4, 0.5) is 13.2 Å². The zero-order valence-corrected chi connectivity index (χ0v) is 17.0. The number of hydrogen-bond acceptors (Lipinski definition) is 2. The number of likely N-dealkylation sites (tertiary alicyclic amines) is 1. The summed E-state index contributed by atoms with van der Waals surface area (Å²) in [5.41, 5.74) is 2.71. The van der Waals surface area contributed by atoms with Gasteiger partial charge >= 0.3 is 6.18 Å². The van der Waals surface area contributed by atoms with Crippen molar-refractivity contribution in [2.24, 2.45) is 0 Å². The highest BCUT2D eigenvalue weighted by molar-refractivity contribution is 5.79. The highest BCUT2D eigenvalue weighted by Gasteiger charge is 2.31. The molecule has 1 aliphatic heterocycles. The van der Waals surface area contributed by atoms with Gasteiger partial charge in [0.2, 0.25) is 5.91 Å². The van der Waals surface area contributed by atoms with Crippen LogP contribution in [0.15, 0.2) is 72.8 Å². The summed E-state index contributed by atoms with van der Waals surface area (Å²) in [7, 11) is 0. The third-order valence-electron chi connectivity index (χ3n) is 5.61. The molecule has 0 N–H and O–H groups in total. The molecular weight excluding hydrogens is 401 g/mol. The van der Waals surface area contributed by atoms with E-state index in [0.717, 1.165) is 47.5 Å². The summed E-state index contributed by atoms with van der Waals surface area (Å²) < 4.78 is 38.3. The number of pyridine rings is 1. The minimum Gasteiger partial charge on any atom is -0.334 e. The highest BCUT2D eigenvalue weighted by atomic mass is 19.4. The highest BCUT2D eigenvalue weighted by Crippen LogP contribution is 2.32. The third-order valence-corrected chi connectivity index (χ3v) is 5.61. The second-order valence-electron chi connectivity index (χ2n) is 7.83. The Balaban J connectivity index is 1.47. The molecule has 31 heavy (non-hydrogen) atoms. The van der Waals surface area contributed by atoms with Crippen LogP contribution in [0.2, 0.25) is 0 Å². The van der Waals surface area contributed by atoms with E-state index in [1.807, 2.05) is 53.4 Å².